The summed E-state index contributed by atoms with van der Waals surface area (Å²) in [7, 11) is 1.63. The summed E-state index contributed by atoms with van der Waals surface area (Å²) in [6, 6.07) is 13.9. The van der Waals surface area contributed by atoms with E-state index >= 15 is 0 Å². The van der Waals surface area contributed by atoms with Crippen LogP contribution in [0.15, 0.2) is 54.7 Å². The van der Waals surface area contributed by atoms with Gasteiger partial charge in [0.05, 0.1) is 12.6 Å². The van der Waals surface area contributed by atoms with Gasteiger partial charge in [-0.05, 0) is 48.5 Å². The van der Waals surface area contributed by atoms with Crippen molar-refractivity contribution in [2.24, 2.45) is 0 Å². The topological polar surface area (TPSA) is 34.1 Å². The summed E-state index contributed by atoms with van der Waals surface area (Å²) >= 11 is 0. The Morgan fingerprint density at radius 3 is 2.60 bits per heavy atom. The van der Waals surface area contributed by atoms with E-state index in [-0.39, 0.29) is 5.82 Å². The molecule has 0 saturated heterocycles. The van der Waals surface area contributed by atoms with E-state index in [1.807, 2.05) is 30.3 Å². The van der Waals surface area contributed by atoms with Crippen molar-refractivity contribution in [3.8, 4) is 5.75 Å². The van der Waals surface area contributed by atoms with Crippen molar-refractivity contribution in [3.05, 3.63) is 60.5 Å². The summed E-state index contributed by atoms with van der Waals surface area (Å²) in [4.78, 5) is 4.23. The minimum absolute atomic E-state index is 0.275. The molecule has 1 heterocycles. The summed E-state index contributed by atoms with van der Waals surface area (Å²) in [5, 5.41) is 4.02. The molecular weight excluding hydrogens is 255 g/mol. The summed E-state index contributed by atoms with van der Waals surface area (Å²) in [6.07, 6.45) is 1.70. The number of hydrogen-bond donors (Lipinski definition) is 1. The highest BCUT2D eigenvalue weighted by Crippen LogP contribution is 2.26. The van der Waals surface area contributed by atoms with E-state index in [1.165, 1.54) is 12.1 Å². The first-order chi connectivity index (χ1) is 9.76. The van der Waals surface area contributed by atoms with Gasteiger partial charge in [0.1, 0.15) is 11.6 Å². The monoisotopic (exact) mass is 268 g/mol. The number of nitrogens with one attached hydrogen (secondary N) is 1. The molecule has 0 bridgehead atoms. The highest BCUT2D eigenvalue weighted by molar-refractivity contribution is 5.92. The van der Waals surface area contributed by atoms with Crippen molar-refractivity contribution in [2.45, 2.75) is 0 Å². The number of benzene rings is 2. The van der Waals surface area contributed by atoms with Gasteiger partial charge in [0.15, 0.2) is 0 Å². The molecule has 3 aromatic rings. The van der Waals surface area contributed by atoms with Crippen LogP contribution in [0.1, 0.15) is 0 Å². The van der Waals surface area contributed by atoms with Crippen LogP contribution in [0.3, 0.4) is 0 Å². The maximum absolute atomic E-state index is 13.4. The summed E-state index contributed by atoms with van der Waals surface area (Å²) in [5.74, 6) is 0.518. The van der Waals surface area contributed by atoms with E-state index in [1.54, 1.807) is 19.4 Å². The van der Waals surface area contributed by atoms with Crippen molar-refractivity contribution >= 4 is 22.3 Å². The molecule has 4 heteroatoms. The Balaban J connectivity index is 1.99. The first-order valence-corrected chi connectivity index (χ1v) is 6.21. The number of aromatic nitrogens is 1. The lowest BCUT2D eigenvalue weighted by Crippen LogP contribution is -1.93. The average Bonchev–Trinajstić information content (AvgIpc) is 2.49. The Hall–Kier alpha value is -2.62. The molecule has 0 atom stereocenters. The zero-order valence-corrected chi connectivity index (χ0v) is 10.9. The van der Waals surface area contributed by atoms with Gasteiger partial charge >= 0.3 is 0 Å². The van der Waals surface area contributed by atoms with Gasteiger partial charge in [-0.25, -0.2) is 4.39 Å². The van der Waals surface area contributed by atoms with E-state index in [9.17, 15) is 4.39 Å². The molecule has 0 aliphatic carbocycles. The minimum atomic E-state index is -0.275. The second kappa shape index (κ2) is 5.17. The van der Waals surface area contributed by atoms with Crippen LogP contribution < -0.4 is 10.1 Å². The Bertz CT molecular complexity index is 741. The predicted octanol–water partition coefficient (Wildman–Crippen LogP) is 4.13. The van der Waals surface area contributed by atoms with Gasteiger partial charge in [-0.2, -0.15) is 0 Å². The van der Waals surface area contributed by atoms with Crippen LogP contribution in [-0.4, -0.2) is 12.1 Å². The van der Waals surface area contributed by atoms with Crippen LogP contribution >= 0.6 is 0 Å². The van der Waals surface area contributed by atoms with Crippen molar-refractivity contribution in [1.29, 1.82) is 0 Å². The van der Waals surface area contributed by atoms with Crippen molar-refractivity contribution in [3.63, 3.8) is 0 Å². The van der Waals surface area contributed by atoms with Gasteiger partial charge in [-0.3, -0.25) is 4.98 Å². The molecule has 0 amide bonds. The number of methoxy groups -OCH3 is 1. The van der Waals surface area contributed by atoms with Crippen molar-refractivity contribution < 1.29 is 9.13 Å². The summed E-state index contributed by atoms with van der Waals surface area (Å²) in [6.45, 7) is 0. The fourth-order valence-corrected chi connectivity index (χ4v) is 2.06. The average molecular weight is 268 g/mol. The van der Waals surface area contributed by atoms with Crippen molar-refractivity contribution in [2.75, 3.05) is 12.4 Å². The van der Waals surface area contributed by atoms with Gasteiger partial charge in [-0.15, -0.1) is 0 Å². The molecule has 2 aromatic carbocycles. The van der Waals surface area contributed by atoms with Gasteiger partial charge in [0, 0.05) is 23.0 Å². The lowest BCUT2D eigenvalue weighted by Gasteiger charge is -2.10. The van der Waals surface area contributed by atoms with Gasteiger partial charge in [0.25, 0.3) is 0 Å². The van der Waals surface area contributed by atoms with Crippen LogP contribution in [0.4, 0.5) is 15.8 Å². The van der Waals surface area contributed by atoms with Gasteiger partial charge in [0.2, 0.25) is 0 Å². The number of fused-ring (bicyclic) bond motifs is 1. The first-order valence-electron chi connectivity index (χ1n) is 6.21. The van der Waals surface area contributed by atoms with Crippen LogP contribution in [0.5, 0.6) is 5.75 Å². The van der Waals surface area contributed by atoms with Crippen LogP contribution in [0.25, 0.3) is 10.9 Å². The van der Waals surface area contributed by atoms with Crippen molar-refractivity contribution in [1.82, 2.24) is 4.98 Å². The molecule has 0 aliphatic rings. The standard InChI is InChI=1S/C16H13FN2O/c1-20-13-5-3-12(4-6-13)19-16-8-9-18-15-7-2-11(17)10-14(15)16/h2-10H,1H3,(H,18,19). The maximum atomic E-state index is 13.4. The number of pyridine rings is 1. The highest BCUT2D eigenvalue weighted by atomic mass is 19.1. The minimum Gasteiger partial charge on any atom is -0.497 e. The SMILES string of the molecule is COc1ccc(Nc2ccnc3ccc(F)cc23)cc1. The lowest BCUT2D eigenvalue weighted by molar-refractivity contribution is 0.415. The second-order valence-corrected chi connectivity index (χ2v) is 4.37. The molecule has 20 heavy (non-hydrogen) atoms. The largest absolute Gasteiger partial charge is 0.497 e. The third-order valence-electron chi connectivity index (χ3n) is 3.07. The molecule has 1 aromatic heterocycles. The second-order valence-electron chi connectivity index (χ2n) is 4.37. The van der Waals surface area contributed by atoms with E-state index in [0.717, 1.165) is 28.0 Å². The molecule has 100 valence electrons. The zero-order chi connectivity index (χ0) is 13.9. The molecule has 3 rings (SSSR count). The number of rotatable bonds is 3. The number of halogens is 1. The summed E-state index contributed by atoms with van der Waals surface area (Å²) in [5.41, 5.74) is 2.48. The van der Waals surface area contributed by atoms with Crippen LogP contribution in [0.2, 0.25) is 0 Å². The molecule has 0 radical (unpaired) electrons. The van der Waals surface area contributed by atoms with E-state index < -0.39 is 0 Å². The van der Waals surface area contributed by atoms with Crippen LogP contribution in [0, 0.1) is 5.82 Å². The number of hydrogen-bond acceptors (Lipinski definition) is 3. The Kier molecular flexibility index (Phi) is 3.21. The smallest absolute Gasteiger partial charge is 0.124 e. The fraction of sp³-hybridized carbons (Fsp3) is 0.0625. The molecule has 0 unspecified atom stereocenters. The van der Waals surface area contributed by atoms with Crippen LogP contribution in [-0.2, 0) is 0 Å². The molecular formula is C16H13FN2O. The molecule has 1 N–H and O–H groups in total. The molecule has 0 fully saturated rings. The molecule has 0 spiro atoms. The number of ether oxygens (including phenoxy) is 1. The Morgan fingerprint density at radius 1 is 1.05 bits per heavy atom. The first kappa shape index (κ1) is 12.4. The van der Waals surface area contributed by atoms with E-state index in [0.29, 0.717) is 0 Å². The zero-order valence-electron chi connectivity index (χ0n) is 10.9. The summed E-state index contributed by atoms with van der Waals surface area (Å²) < 4.78 is 18.5. The molecule has 3 nitrogen and oxygen atoms in total. The lowest BCUT2D eigenvalue weighted by atomic mass is 10.1. The number of anilines is 2. The fourth-order valence-electron chi connectivity index (χ4n) is 2.06. The highest BCUT2D eigenvalue weighted by Gasteiger charge is 2.04. The third-order valence-corrected chi connectivity index (χ3v) is 3.07. The maximum Gasteiger partial charge on any atom is 0.124 e. The Labute approximate surface area is 116 Å². The van der Waals surface area contributed by atoms with Gasteiger partial charge in [-0.1, -0.05) is 0 Å². The predicted molar refractivity (Wildman–Crippen MR) is 78.0 cm³/mol. The Morgan fingerprint density at radius 2 is 1.85 bits per heavy atom. The number of nitrogens with zero attached hydrogens (tertiary/aromatic N) is 1. The molecule has 0 aliphatic heterocycles. The quantitative estimate of drug-likeness (QED) is 0.775. The normalized spacial score (nSPS) is 10.5. The van der Waals surface area contributed by atoms with Gasteiger partial charge < -0.3 is 10.1 Å². The third kappa shape index (κ3) is 2.40. The van der Waals surface area contributed by atoms with E-state index in [4.69, 9.17) is 4.74 Å². The molecule has 0 saturated carbocycles. The van der Waals surface area contributed by atoms with E-state index in [2.05, 4.69) is 10.3 Å².